The van der Waals surface area contributed by atoms with Crippen LogP contribution < -0.4 is 5.73 Å². The van der Waals surface area contributed by atoms with Gasteiger partial charge in [0.05, 0.1) is 46.9 Å². The maximum absolute atomic E-state index is 8.74. The molecule has 8 heteroatoms. The van der Waals surface area contributed by atoms with Crippen molar-refractivity contribution in [3.63, 3.8) is 0 Å². The van der Waals surface area contributed by atoms with Gasteiger partial charge in [-0.3, -0.25) is 14.4 Å². The Bertz CT molecular complexity index is 1900. The van der Waals surface area contributed by atoms with Gasteiger partial charge in [-0.15, -0.1) is 0 Å². The number of rotatable bonds is 8. The lowest BCUT2D eigenvalue weighted by Crippen LogP contribution is -2.00. The van der Waals surface area contributed by atoms with Crippen molar-refractivity contribution in [2.45, 2.75) is 45.3 Å². The first kappa shape index (κ1) is 31.4. The maximum atomic E-state index is 8.74. The average Bonchev–Trinajstić information content (AvgIpc) is 3.92. The molecule has 3 heterocycles. The number of allylic oxidation sites excluding steroid dienone is 1. The second kappa shape index (κ2) is 15.1. The summed E-state index contributed by atoms with van der Waals surface area (Å²) in [6.07, 6.45) is 13.5. The molecule has 2 N–H and O–H groups in total. The molecule has 0 unspecified atom stereocenters. The van der Waals surface area contributed by atoms with E-state index < -0.39 is 0 Å². The summed E-state index contributed by atoms with van der Waals surface area (Å²) >= 11 is 0. The lowest BCUT2D eigenvalue weighted by molar-refractivity contribution is 0.564. The zero-order valence-electron chi connectivity index (χ0n) is 26.4. The van der Waals surface area contributed by atoms with Crippen molar-refractivity contribution in [1.82, 2.24) is 19.6 Å². The van der Waals surface area contributed by atoms with Gasteiger partial charge in [0.25, 0.3) is 0 Å². The van der Waals surface area contributed by atoms with Crippen LogP contribution in [0.3, 0.4) is 0 Å². The van der Waals surface area contributed by atoms with Crippen LogP contribution >= 0.6 is 0 Å². The minimum atomic E-state index is 0.594. The molecule has 2 saturated carbocycles. The molecule has 2 aliphatic carbocycles. The van der Waals surface area contributed by atoms with Crippen LogP contribution in [-0.2, 0) is 19.6 Å². The normalized spacial score (nSPS) is 14.6. The van der Waals surface area contributed by atoms with Crippen molar-refractivity contribution in [3.8, 4) is 34.7 Å². The number of hydrogen-bond donors (Lipinski definition) is 1. The molecule has 234 valence electrons. The standard InChI is InChI=1S/C14H17N3.C14H13N3.C11H8N2/c2*15-9-11-3-5-13(6-4-11)14-7-8-17(16-14)10-12-1-2-12;12-8-9-3-5-10(6-4-9)11-2-1-7-13-11/h3-8,12H,1-2,9-10,15H2;3-8,12H,1-2,10H2;1-6H,7H2. The predicted molar refractivity (Wildman–Crippen MR) is 185 cm³/mol. The van der Waals surface area contributed by atoms with Crippen molar-refractivity contribution >= 4 is 5.71 Å². The number of benzene rings is 3. The third-order valence-corrected chi connectivity index (χ3v) is 8.31. The smallest absolute Gasteiger partial charge is 0.0991 e. The van der Waals surface area contributed by atoms with E-state index in [0.717, 1.165) is 70.8 Å². The molecule has 0 amide bonds. The summed E-state index contributed by atoms with van der Waals surface area (Å²) in [6.45, 7) is 3.48. The SMILES string of the molecule is N#Cc1ccc(-c2ccn(CC3CC3)n2)cc1.N#Cc1ccc(C2=NCC=C2)cc1.NCc1ccc(-c2ccn(CC3CC3)n2)cc1. The van der Waals surface area contributed by atoms with Gasteiger partial charge in [-0.2, -0.15) is 20.7 Å². The molecule has 2 fully saturated rings. The minimum absolute atomic E-state index is 0.594. The Morgan fingerprint density at radius 1 is 0.638 bits per heavy atom. The fraction of sp³-hybridized carbons (Fsp3) is 0.256. The third-order valence-electron chi connectivity index (χ3n) is 8.31. The topological polar surface area (TPSA) is 122 Å². The maximum Gasteiger partial charge on any atom is 0.0991 e. The molecule has 2 aromatic heterocycles. The summed E-state index contributed by atoms with van der Waals surface area (Å²) in [5.41, 5.74) is 14.5. The molecule has 0 saturated heterocycles. The van der Waals surface area contributed by atoms with E-state index in [1.165, 1.54) is 25.7 Å². The Balaban J connectivity index is 0.000000125. The number of nitriles is 2. The van der Waals surface area contributed by atoms with E-state index in [1.54, 1.807) is 0 Å². The Labute approximate surface area is 276 Å². The second-order valence-corrected chi connectivity index (χ2v) is 12.1. The molecule has 3 aromatic carbocycles. The largest absolute Gasteiger partial charge is 0.326 e. The summed E-state index contributed by atoms with van der Waals surface area (Å²) in [5, 5.41) is 26.5. The summed E-state index contributed by atoms with van der Waals surface area (Å²) in [7, 11) is 0. The minimum Gasteiger partial charge on any atom is -0.326 e. The quantitative estimate of drug-likeness (QED) is 0.198. The van der Waals surface area contributed by atoms with Crippen LogP contribution in [-0.4, -0.2) is 31.8 Å². The predicted octanol–water partition coefficient (Wildman–Crippen LogP) is 7.17. The van der Waals surface area contributed by atoms with Crippen molar-refractivity contribution in [1.29, 1.82) is 10.5 Å². The highest BCUT2D eigenvalue weighted by molar-refractivity contribution is 6.09. The van der Waals surface area contributed by atoms with E-state index in [2.05, 4.69) is 68.5 Å². The van der Waals surface area contributed by atoms with Crippen LogP contribution in [0.4, 0.5) is 0 Å². The van der Waals surface area contributed by atoms with Gasteiger partial charge in [0.1, 0.15) is 0 Å². The fourth-order valence-corrected chi connectivity index (χ4v) is 5.16. The molecule has 0 spiro atoms. The summed E-state index contributed by atoms with van der Waals surface area (Å²) in [6, 6.07) is 31.6. The highest BCUT2D eigenvalue weighted by Crippen LogP contribution is 2.31. The van der Waals surface area contributed by atoms with E-state index in [4.69, 9.17) is 16.3 Å². The van der Waals surface area contributed by atoms with E-state index in [-0.39, 0.29) is 0 Å². The number of nitrogens with zero attached hydrogens (tertiary/aromatic N) is 7. The monoisotopic (exact) mass is 618 g/mol. The number of nitrogens with two attached hydrogens (primary N) is 1. The zero-order chi connectivity index (χ0) is 32.4. The number of hydrogen-bond acceptors (Lipinski definition) is 6. The van der Waals surface area contributed by atoms with Crippen molar-refractivity contribution in [2.75, 3.05) is 6.54 Å². The van der Waals surface area contributed by atoms with Crippen LogP contribution in [0.2, 0.25) is 0 Å². The Hall–Kier alpha value is -5.57. The fourth-order valence-electron chi connectivity index (χ4n) is 5.16. The first-order chi connectivity index (χ1) is 23.1. The molecule has 3 aliphatic rings. The molecule has 5 aromatic rings. The van der Waals surface area contributed by atoms with Gasteiger partial charge in [0.2, 0.25) is 0 Å². The Morgan fingerprint density at radius 3 is 1.51 bits per heavy atom. The van der Waals surface area contributed by atoms with Crippen LogP contribution in [0.5, 0.6) is 0 Å². The van der Waals surface area contributed by atoms with E-state index in [1.807, 2.05) is 77.6 Å². The van der Waals surface area contributed by atoms with Gasteiger partial charge in [0.15, 0.2) is 0 Å². The van der Waals surface area contributed by atoms with E-state index >= 15 is 0 Å². The first-order valence-electron chi connectivity index (χ1n) is 16.2. The highest BCUT2D eigenvalue weighted by Gasteiger charge is 2.22. The summed E-state index contributed by atoms with van der Waals surface area (Å²) < 4.78 is 4.08. The van der Waals surface area contributed by atoms with Crippen LogP contribution in [0.15, 0.2) is 114 Å². The number of aliphatic imine (C=N–C) groups is 1. The average molecular weight is 619 g/mol. The molecular weight excluding hydrogens is 580 g/mol. The molecule has 0 bridgehead atoms. The molecule has 47 heavy (non-hydrogen) atoms. The lowest BCUT2D eigenvalue weighted by atomic mass is 10.1. The van der Waals surface area contributed by atoms with Crippen molar-refractivity contribution in [2.24, 2.45) is 22.6 Å². The third kappa shape index (κ3) is 9.00. The van der Waals surface area contributed by atoms with Gasteiger partial charge in [-0.05, 0) is 91.1 Å². The molecule has 0 atom stereocenters. The van der Waals surface area contributed by atoms with Gasteiger partial charge in [-0.1, -0.05) is 54.6 Å². The summed E-state index contributed by atoms with van der Waals surface area (Å²) in [4.78, 5) is 4.28. The van der Waals surface area contributed by atoms with Crippen molar-refractivity contribution < 1.29 is 0 Å². The van der Waals surface area contributed by atoms with Gasteiger partial charge >= 0.3 is 0 Å². The van der Waals surface area contributed by atoms with Crippen LogP contribution in [0.25, 0.3) is 22.5 Å². The van der Waals surface area contributed by atoms with Crippen LogP contribution in [0.1, 0.15) is 47.9 Å². The molecule has 1 aliphatic heterocycles. The molecule has 8 rings (SSSR count). The molecule has 8 nitrogen and oxygen atoms in total. The molecular formula is C39H38N8. The summed E-state index contributed by atoms with van der Waals surface area (Å²) in [5.74, 6) is 1.70. The molecule has 0 radical (unpaired) electrons. The van der Waals surface area contributed by atoms with Crippen LogP contribution in [0, 0.1) is 34.5 Å². The van der Waals surface area contributed by atoms with Crippen molar-refractivity contribution in [3.05, 3.63) is 132 Å². The first-order valence-corrected chi connectivity index (χ1v) is 16.2. The highest BCUT2D eigenvalue weighted by atomic mass is 15.3. The zero-order valence-corrected chi connectivity index (χ0v) is 26.4. The van der Waals surface area contributed by atoms with Gasteiger partial charge < -0.3 is 5.73 Å². The Morgan fingerprint density at radius 2 is 1.11 bits per heavy atom. The Kier molecular flexibility index (Phi) is 10.1. The second-order valence-electron chi connectivity index (χ2n) is 12.1. The van der Waals surface area contributed by atoms with Gasteiger partial charge in [0, 0.05) is 43.2 Å². The number of aromatic nitrogens is 4. The van der Waals surface area contributed by atoms with E-state index in [0.29, 0.717) is 17.7 Å². The van der Waals surface area contributed by atoms with E-state index in [9.17, 15) is 0 Å². The van der Waals surface area contributed by atoms with Gasteiger partial charge in [-0.25, -0.2) is 0 Å². The lowest BCUT2D eigenvalue weighted by Gasteiger charge is -2.00.